The van der Waals surface area contributed by atoms with Gasteiger partial charge in [-0.25, -0.2) is 14.1 Å². The monoisotopic (exact) mass is 571 g/mol. The fourth-order valence-corrected chi connectivity index (χ4v) is 9.56. The van der Waals surface area contributed by atoms with Crippen LogP contribution in [0.2, 0.25) is 0 Å². The maximum Gasteiger partial charge on any atom is 0.306 e. The van der Waals surface area contributed by atoms with Gasteiger partial charge >= 0.3 is 5.97 Å². The molecule has 3 fully saturated rings. The molecule has 0 amide bonds. The predicted octanol–water partition coefficient (Wildman–Crippen LogP) is 5.05. The summed E-state index contributed by atoms with van der Waals surface area (Å²) in [4.78, 5) is 29.5. The summed E-state index contributed by atoms with van der Waals surface area (Å²) in [6.07, 6.45) is 5.72. The minimum absolute atomic E-state index is 0.0193. The molecule has 4 aliphatic rings. The van der Waals surface area contributed by atoms with E-state index < -0.39 is 51.2 Å². The number of nitrogens with zero attached hydrogens (tertiary/aromatic N) is 3. The van der Waals surface area contributed by atoms with Gasteiger partial charge in [-0.1, -0.05) is 33.3 Å². The first-order valence-corrected chi connectivity index (χ1v) is 14.5. The van der Waals surface area contributed by atoms with Crippen LogP contribution >= 0.6 is 12.6 Å². The molecule has 2 heterocycles. The second kappa shape index (κ2) is 8.95. The number of thiol groups is 1. The highest BCUT2D eigenvalue weighted by atomic mass is 32.1. The van der Waals surface area contributed by atoms with Crippen LogP contribution in [-0.4, -0.2) is 48.3 Å². The topological polar surface area (TPSA) is 94.3 Å². The molecule has 214 valence electrons. The van der Waals surface area contributed by atoms with Crippen LogP contribution in [0.5, 0.6) is 0 Å². The first-order valence-electron chi connectivity index (χ1n) is 14.1. The summed E-state index contributed by atoms with van der Waals surface area (Å²) in [7, 11) is 0. The molecule has 4 aliphatic carbocycles. The Kier molecular flexibility index (Phi) is 6.17. The van der Waals surface area contributed by atoms with E-state index in [2.05, 4.69) is 22.7 Å². The van der Waals surface area contributed by atoms with E-state index in [0.717, 1.165) is 16.8 Å². The number of aliphatic hydroxyl groups is 1. The molecule has 10 heteroatoms. The molecule has 7 nitrogen and oxygen atoms in total. The summed E-state index contributed by atoms with van der Waals surface area (Å²) in [5.74, 6) is -2.29. The maximum atomic E-state index is 17.9. The Morgan fingerprint density at radius 3 is 2.65 bits per heavy atom. The van der Waals surface area contributed by atoms with Crippen molar-refractivity contribution in [3.05, 3.63) is 47.3 Å². The van der Waals surface area contributed by atoms with Gasteiger partial charge in [0.05, 0.1) is 29.9 Å². The molecule has 0 aliphatic heterocycles. The van der Waals surface area contributed by atoms with Crippen LogP contribution in [0, 0.1) is 34.5 Å². The molecular weight excluding hydrogens is 536 g/mol. The number of pyridine rings is 1. The number of esters is 1. The third kappa shape index (κ3) is 3.32. The highest BCUT2D eigenvalue weighted by molar-refractivity contribution is 7.96. The van der Waals surface area contributed by atoms with Crippen molar-refractivity contribution < 1.29 is 28.2 Å². The minimum Gasteiger partial charge on any atom is -0.449 e. The smallest absolute Gasteiger partial charge is 0.306 e. The van der Waals surface area contributed by atoms with Gasteiger partial charge in [-0.15, -0.1) is 12.6 Å². The van der Waals surface area contributed by atoms with Crippen molar-refractivity contribution in [2.75, 3.05) is 0 Å². The van der Waals surface area contributed by atoms with Gasteiger partial charge in [0.2, 0.25) is 11.1 Å². The van der Waals surface area contributed by atoms with Crippen LogP contribution in [0.4, 0.5) is 8.78 Å². The zero-order valence-electron chi connectivity index (χ0n) is 23.2. The van der Waals surface area contributed by atoms with Crippen molar-refractivity contribution in [3.63, 3.8) is 0 Å². The number of ether oxygens (including phenoxy) is 1. The lowest BCUT2D eigenvalue weighted by atomic mass is 9.44. The van der Waals surface area contributed by atoms with E-state index >= 15 is 4.39 Å². The van der Waals surface area contributed by atoms with E-state index in [-0.39, 0.29) is 24.7 Å². The Morgan fingerprint density at radius 2 is 2.00 bits per heavy atom. The lowest BCUT2D eigenvalue weighted by molar-refractivity contribution is -0.230. The number of hydrogen-bond acceptors (Lipinski definition) is 6. The highest BCUT2D eigenvalue weighted by Gasteiger charge is 2.77. The molecule has 0 bridgehead atoms. The maximum absolute atomic E-state index is 17.9. The number of allylic oxidation sites excluding steroid dienone is 1. The Balaban J connectivity index is 1.41. The van der Waals surface area contributed by atoms with Crippen LogP contribution in [0.15, 0.2) is 30.1 Å². The minimum atomic E-state index is -1.97. The zero-order valence-corrected chi connectivity index (χ0v) is 24.0. The molecule has 40 heavy (non-hydrogen) atoms. The van der Waals surface area contributed by atoms with Gasteiger partial charge in [0.25, 0.3) is 0 Å². The van der Waals surface area contributed by atoms with Crippen LogP contribution in [0.25, 0.3) is 11.8 Å². The van der Waals surface area contributed by atoms with Crippen molar-refractivity contribution >= 4 is 29.8 Å². The average Bonchev–Trinajstić information content (AvgIpc) is 3.40. The summed E-state index contributed by atoms with van der Waals surface area (Å²) in [6.45, 7) is 7.30. The van der Waals surface area contributed by atoms with Gasteiger partial charge in [-0.05, 0) is 61.8 Å². The van der Waals surface area contributed by atoms with Crippen LogP contribution in [-0.2, 0) is 20.7 Å². The van der Waals surface area contributed by atoms with Crippen molar-refractivity contribution in [2.45, 2.75) is 83.6 Å². The molecule has 2 aromatic heterocycles. The van der Waals surface area contributed by atoms with E-state index in [1.54, 1.807) is 23.9 Å². The van der Waals surface area contributed by atoms with E-state index in [1.807, 2.05) is 26.8 Å². The van der Waals surface area contributed by atoms with E-state index in [0.29, 0.717) is 31.4 Å². The molecule has 0 unspecified atom stereocenters. The molecule has 0 radical (unpaired) electrons. The van der Waals surface area contributed by atoms with E-state index in [4.69, 9.17) is 4.74 Å². The molecular formula is C30H35F2N3O4S. The fourth-order valence-electron chi connectivity index (χ4n) is 9.04. The molecule has 8 atom stereocenters. The van der Waals surface area contributed by atoms with Gasteiger partial charge in [0, 0.05) is 29.1 Å². The molecule has 0 saturated heterocycles. The number of carbonyl (C=O) groups excluding carboxylic acids is 2. The van der Waals surface area contributed by atoms with Crippen LogP contribution < -0.4 is 0 Å². The number of halogens is 2. The second-order valence-electron chi connectivity index (χ2n) is 12.6. The lowest BCUT2D eigenvalue weighted by Gasteiger charge is -2.63. The first-order chi connectivity index (χ1) is 18.8. The van der Waals surface area contributed by atoms with Crippen LogP contribution in [0.1, 0.15) is 71.1 Å². The van der Waals surface area contributed by atoms with Gasteiger partial charge in [-0.2, -0.15) is 9.49 Å². The van der Waals surface area contributed by atoms with Gasteiger partial charge < -0.3 is 9.84 Å². The number of carbonyl (C=O) groups is 2. The number of fused-ring (bicyclic) bond motifs is 6. The largest absolute Gasteiger partial charge is 0.449 e. The lowest BCUT2D eigenvalue weighted by Crippen LogP contribution is -2.70. The Hall–Kier alpha value is -2.59. The summed E-state index contributed by atoms with van der Waals surface area (Å²) in [5, 5.41) is 15.8. The van der Waals surface area contributed by atoms with Gasteiger partial charge in [0.1, 0.15) is 5.67 Å². The van der Waals surface area contributed by atoms with Gasteiger partial charge in [-0.3, -0.25) is 9.59 Å². The fraction of sp³-hybridized carbons (Fsp3) is 0.600. The number of hydrogen-bond donors (Lipinski definition) is 2. The third-order valence-electron chi connectivity index (χ3n) is 11.0. The predicted molar refractivity (Wildman–Crippen MR) is 147 cm³/mol. The van der Waals surface area contributed by atoms with E-state index in [9.17, 15) is 19.1 Å². The number of aliphatic hydroxyl groups excluding tert-OH is 1. The molecule has 1 N–H and O–H groups in total. The Morgan fingerprint density at radius 1 is 1.25 bits per heavy atom. The molecule has 2 aromatic rings. The van der Waals surface area contributed by atoms with Crippen LogP contribution in [0.3, 0.4) is 0 Å². The van der Waals surface area contributed by atoms with Crippen molar-refractivity contribution in [1.29, 1.82) is 0 Å². The number of aromatic nitrogens is 3. The molecule has 3 saturated carbocycles. The Labute approximate surface area is 237 Å². The first kappa shape index (κ1) is 27.6. The normalized spacial score (nSPS) is 39.9. The Bertz CT molecular complexity index is 1430. The van der Waals surface area contributed by atoms with Crippen molar-refractivity contribution in [3.8, 4) is 5.69 Å². The third-order valence-corrected chi connectivity index (χ3v) is 11.3. The van der Waals surface area contributed by atoms with Crippen molar-refractivity contribution in [2.24, 2.45) is 28.6 Å². The SMILES string of the molecule is CCC(=O)O[C@]1(C(=O)S)[C@H](C)C[C@H]2[C@@H]3CCC4=Cc5c(cnn5-c5ccc(F)nc5)C[C@]4(C)[C@@]3(F)[C@@H](O)C[C@@]21C. The summed E-state index contributed by atoms with van der Waals surface area (Å²) in [5.41, 5.74) is -2.32. The quantitative estimate of drug-likeness (QED) is 0.303. The molecule has 0 aromatic carbocycles. The second-order valence-corrected chi connectivity index (χ2v) is 13.1. The van der Waals surface area contributed by atoms with E-state index in [1.165, 1.54) is 12.3 Å². The standard InChI is InChI=1S/C30H35F2N3O4S/c1-5-25(37)39-30(26(38)40)16(2)10-21-20-8-6-18-11-22-17(14-34-35(22)19-7-9-24(31)33-15-19)12-27(18,3)29(20,32)23(36)13-28(21,30)4/h7,9,11,14-16,20-21,23,36H,5-6,8,10,12-13H2,1-4H3,(H,38,40)/t16-,20+,21+,23+,27+,28+,29+,30+/m1/s1. The summed E-state index contributed by atoms with van der Waals surface area (Å²) in [6, 6.07) is 2.87. The zero-order chi connectivity index (χ0) is 28.8. The number of rotatable bonds is 4. The summed E-state index contributed by atoms with van der Waals surface area (Å²) < 4.78 is 39.0. The summed E-state index contributed by atoms with van der Waals surface area (Å²) >= 11 is 4.22. The molecule has 6 rings (SSSR count). The average molecular weight is 572 g/mol. The van der Waals surface area contributed by atoms with Gasteiger partial charge in [0.15, 0.2) is 5.60 Å². The highest BCUT2D eigenvalue weighted by Crippen LogP contribution is 2.72. The molecule has 0 spiro atoms. The number of alkyl halides is 1. The van der Waals surface area contributed by atoms with Crippen molar-refractivity contribution in [1.82, 2.24) is 14.8 Å².